The molecular formula is C16H10O8. The molecule has 0 amide bonds. The van der Waals surface area contributed by atoms with E-state index in [4.69, 9.17) is 10.2 Å². The van der Waals surface area contributed by atoms with Crippen LogP contribution in [0.5, 0.6) is 0 Å². The number of carbonyl (C=O) groups is 4. The highest BCUT2D eigenvalue weighted by Crippen LogP contribution is 2.30. The maximum Gasteiger partial charge on any atom is 0.337 e. The molecule has 2 aromatic carbocycles. The van der Waals surface area contributed by atoms with Crippen LogP contribution in [0.25, 0.3) is 11.1 Å². The van der Waals surface area contributed by atoms with Gasteiger partial charge in [0.15, 0.2) is 0 Å². The number of rotatable bonds is 5. The van der Waals surface area contributed by atoms with Crippen molar-refractivity contribution >= 4 is 23.9 Å². The molecule has 0 aliphatic rings. The van der Waals surface area contributed by atoms with Gasteiger partial charge in [0, 0.05) is 0 Å². The molecule has 0 aliphatic heterocycles. The van der Waals surface area contributed by atoms with Crippen LogP contribution >= 0.6 is 0 Å². The second kappa shape index (κ2) is 6.21. The van der Waals surface area contributed by atoms with E-state index < -0.39 is 40.6 Å². The lowest BCUT2D eigenvalue weighted by Gasteiger charge is -2.12. The molecule has 122 valence electrons. The van der Waals surface area contributed by atoms with Crippen molar-refractivity contribution in [3.05, 3.63) is 58.7 Å². The maximum absolute atomic E-state index is 11.5. The van der Waals surface area contributed by atoms with Gasteiger partial charge in [-0.05, 0) is 29.3 Å². The lowest BCUT2D eigenvalue weighted by Crippen LogP contribution is -2.11. The normalized spacial score (nSPS) is 10.2. The molecule has 4 N–H and O–H groups in total. The van der Waals surface area contributed by atoms with E-state index >= 15 is 0 Å². The molecule has 2 rings (SSSR count). The molecule has 0 aromatic heterocycles. The van der Waals surface area contributed by atoms with Crippen molar-refractivity contribution in [3.63, 3.8) is 0 Å². The second-order valence-corrected chi connectivity index (χ2v) is 4.71. The van der Waals surface area contributed by atoms with Gasteiger partial charge in [-0.2, -0.15) is 0 Å². The van der Waals surface area contributed by atoms with E-state index in [1.165, 1.54) is 12.1 Å². The van der Waals surface area contributed by atoms with Gasteiger partial charge < -0.3 is 20.4 Å². The van der Waals surface area contributed by atoms with Crippen molar-refractivity contribution in [1.82, 2.24) is 0 Å². The summed E-state index contributed by atoms with van der Waals surface area (Å²) in [4.78, 5) is 45.1. The summed E-state index contributed by atoms with van der Waals surface area (Å²) >= 11 is 0. The molecule has 24 heavy (non-hydrogen) atoms. The van der Waals surface area contributed by atoms with E-state index in [1.807, 2.05) is 0 Å². The Morgan fingerprint density at radius 2 is 1.25 bits per heavy atom. The van der Waals surface area contributed by atoms with Crippen molar-refractivity contribution in [2.24, 2.45) is 0 Å². The van der Waals surface area contributed by atoms with Gasteiger partial charge in [0.25, 0.3) is 0 Å². The fourth-order valence-electron chi connectivity index (χ4n) is 2.27. The first-order valence-corrected chi connectivity index (χ1v) is 6.44. The molecule has 0 fully saturated rings. The highest BCUT2D eigenvalue weighted by molar-refractivity contribution is 6.09. The molecule has 0 saturated carbocycles. The summed E-state index contributed by atoms with van der Waals surface area (Å²) in [5, 5.41) is 36.7. The van der Waals surface area contributed by atoms with Gasteiger partial charge in [0.2, 0.25) is 0 Å². The number of benzene rings is 2. The molecule has 0 bridgehead atoms. The molecule has 8 heteroatoms. The lowest BCUT2D eigenvalue weighted by atomic mass is 9.91. The monoisotopic (exact) mass is 330 g/mol. The Morgan fingerprint density at radius 3 is 1.75 bits per heavy atom. The zero-order valence-electron chi connectivity index (χ0n) is 11.9. The third-order valence-corrected chi connectivity index (χ3v) is 3.30. The Bertz CT molecular complexity index is 882. The summed E-state index contributed by atoms with van der Waals surface area (Å²) in [5.41, 5.74) is -2.03. The van der Waals surface area contributed by atoms with Crippen LogP contribution in [-0.2, 0) is 0 Å². The first kappa shape index (κ1) is 16.7. The van der Waals surface area contributed by atoms with Crippen LogP contribution in [0.2, 0.25) is 0 Å². The van der Waals surface area contributed by atoms with Gasteiger partial charge in [-0.25, -0.2) is 19.2 Å². The van der Waals surface area contributed by atoms with Gasteiger partial charge in [-0.1, -0.05) is 18.2 Å². The van der Waals surface area contributed by atoms with Crippen molar-refractivity contribution < 1.29 is 39.6 Å². The fraction of sp³-hybridized carbons (Fsp3) is 0. The molecular weight excluding hydrogens is 320 g/mol. The molecule has 0 radical (unpaired) electrons. The summed E-state index contributed by atoms with van der Waals surface area (Å²) < 4.78 is 0. The summed E-state index contributed by atoms with van der Waals surface area (Å²) in [6, 6.07) is 6.77. The van der Waals surface area contributed by atoms with Crippen molar-refractivity contribution in [2.45, 2.75) is 0 Å². The Hall–Kier alpha value is -3.68. The SMILES string of the molecule is O=C(O)c1ccc(-c2cccc(C(=O)O)c2C(=O)O)c(C(=O)O)c1. The van der Waals surface area contributed by atoms with E-state index in [0.29, 0.717) is 0 Å². The van der Waals surface area contributed by atoms with Crippen LogP contribution < -0.4 is 0 Å². The first-order chi connectivity index (χ1) is 11.2. The largest absolute Gasteiger partial charge is 0.478 e. The molecule has 0 spiro atoms. The van der Waals surface area contributed by atoms with Crippen molar-refractivity contribution in [3.8, 4) is 11.1 Å². The molecule has 0 heterocycles. The Kier molecular flexibility index (Phi) is 4.32. The molecule has 0 atom stereocenters. The Morgan fingerprint density at radius 1 is 0.625 bits per heavy atom. The van der Waals surface area contributed by atoms with Crippen LogP contribution in [0.4, 0.5) is 0 Å². The summed E-state index contributed by atoms with van der Waals surface area (Å²) in [6.45, 7) is 0. The van der Waals surface area contributed by atoms with Crippen LogP contribution in [0.3, 0.4) is 0 Å². The summed E-state index contributed by atoms with van der Waals surface area (Å²) in [6.07, 6.45) is 0. The number of carboxylic acids is 4. The standard InChI is InChI=1S/C16H10O8/c17-13(18)7-4-5-8(11(6-7)15(21)22)9-2-1-3-10(14(19)20)12(9)16(23)24/h1-6H,(H,17,18)(H,19,20)(H,21,22)(H,23,24). The first-order valence-electron chi connectivity index (χ1n) is 6.44. The van der Waals surface area contributed by atoms with E-state index in [1.54, 1.807) is 0 Å². The second-order valence-electron chi connectivity index (χ2n) is 4.71. The number of hydrogen-bond donors (Lipinski definition) is 4. The zero-order valence-corrected chi connectivity index (χ0v) is 11.9. The van der Waals surface area contributed by atoms with Gasteiger partial charge in [0.05, 0.1) is 22.3 Å². The van der Waals surface area contributed by atoms with Gasteiger partial charge in [-0.15, -0.1) is 0 Å². The zero-order chi connectivity index (χ0) is 18.0. The topological polar surface area (TPSA) is 149 Å². The number of carboxylic acid groups (broad SMARTS) is 4. The molecule has 2 aromatic rings. The minimum Gasteiger partial charge on any atom is -0.478 e. The van der Waals surface area contributed by atoms with Gasteiger partial charge in [-0.3, -0.25) is 0 Å². The molecule has 0 saturated heterocycles. The molecule has 0 aliphatic carbocycles. The average Bonchev–Trinajstić information content (AvgIpc) is 2.53. The number of hydrogen-bond acceptors (Lipinski definition) is 4. The van der Waals surface area contributed by atoms with Crippen molar-refractivity contribution in [1.29, 1.82) is 0 Å². The van der Waals surface area contributed by atoms with Crippen LogP contribution in [-0.4, -0.2) is 44.3 Å². The van der Waals surface area contributed by atoms with Gasteiger partial charge in [0.1, 0.15) is 0 Å². The third kappa shape index (κ3) is 2.93. The third-order valence-electron chi connectivity index (χ3n) is 3.30. The van der Waals surface area contributed by atoms with Crippen LogP contribution in [0.1, 0.15) is 41.4 Å². The predicted molar refractivity (Wildman–Crippen MR) is 79.7 cm³/mol. The van der Waals surface area contributed by atoms with E-state index in [2.05, 4.69) is 0 Å². The number of aromatic carboxylic acids is 4. The lowest BCUT2D eigenvalue weighted by molar-refractivity contribution is 0.0652. The van der Waals surface area contributed by atoms with E-state index in [9.17, 15) is 29.4 Å². The van der Waals surface area contributed by atoms with E-state index in [-0.39, 0.29) is 16.7 Å². The fourth-order valence-corrected chi connectivity index (χ4v) is 2.27. The average molecular weight is 330 g/mol. The summed E-state index contributed by atoms with van der Waals surface area (Å²) in [7, 11) is 0. The Labute approximate surface area is 134 Å². The van der Waals surface area contributed by atoms with Crippen molar-refractivity contribution in [2.75, 3.05) is 0 Å². The van der Waals surface area contributed by atoms with Gasteiger partial charge >= 0.3 is 23.9 Å². The predicted octanol–water partition coefficient (Wildman–Crippen LogP) is 2.15. The van der Waals surface area contributed by atoms with E-state index in [0.717, 1.165) is 24.3 Å². The highest BCUT2D eigenvalue weighted by Gasteiger charge is 2.24. The maximum atomic E-state index is 11.5. The molecule has 0 unspecified atom stereocenters. The minimum atomic E-state index is -1.54. The molecule has 8 nitrogen and oxygen atoms in total. The summed E-state index contributed by atoms with van der Waals surface area (Å²) in [5.74, 6) is -5.83. The van der Waals surface area contributed by atoms with Crippen LogP contribution in [0.15, 0.2) is 36.4 Å². The quantitative estimate of drug-likeness (QED) is 0.651. The van der Waals surface area contributed by atoms with Crippen LogP contribution in [0, 0.1) is 0 Å². The Balaban J connectivity index is 2.84. The smallest absolute Gasteiger partial charge is 0.337 e. The highest BCUT2D eigenvalue weighted by atomic mass is 16.4. The minimum absolute atomic E-state index is 0.0898.